The van der Waals surface area contributed by atoms with E-state index in [1.807, 2.05) is 0 Å². The molecule has 2 aromatic heterocycles. The molecule has 8 aromatic carbocycles. The maximum Gasteiger partial charge on any atom is 0.494 e. The molecule has 0 saturated carbocycles. The summed E-state index contributed by atoms with van der Waals surface area (Å²) in [6, 6.07) is 68.3. The second-order valence-corrected chi connectivity index (χ2v) is 16.8. The van der Waals surface area contributed by atoms with Crippen molar-refractivity contribution in [2.45, 2.75) is 38.9 Å². The van der Waals surface area contributed by atoms with Gasteiger partial charge in [-0.15, -0.1) is 0 Å². The second-order valence-electron chi connectivity index (χ2n) is 16.8. The van der Waals surface area contributed by atoms with Crippen molar-refractivity contribution >= 4 is 56.2 Å². The highest BCUT2D eigenvalue weighted by Gasteiger charge is 2.51. The first kappa shape index (κ1) is 35.5. The van der Waals surface area contributed by atoms with Gasteiger partial charge >= 0.3 is 7.12 Å². The summed E-state index contributed by atoms with van der Waals surface area (Å²) < 4.78 is 17.7. The Bertz CT molecular complexity index is 3220. The molecular weight excluding hydrogens is 719 g/mol. The third-order valence-corrected chi connectivity index (χ3v) is 12.7. The molecule has 4 nitrogen and oxygen atoms in total. The Morgan fingerprint density at radius 3 is 1.39 bits per heavy atom. The molecule has 284 valence electrons. The zero-order valence-electron chi connectivity index (χ0n) is 33.7. The molecule has 0 bridgehead atoms. The average molecular weight is 763 g/mol. The first-order valence-corrected chi connectivity index (χ1v) is 20.5. The van der Waals surface area contributed by atoms with E-state index >= 15 is 0 Å². The summed E-state index contributed by atoms with van der Waals surface area (Å²) >= 11 is 0. The molecule has 0 radical (unpaired) electrons. The van der Waals surface area contributed by atoms with Crippen LogP contribution in [-0.4, -0.2) is 27.5 Å². The molecule has 1 aliphatic rings. The van der Waals surface area contributed by atoms with Crippen LogP contribution in [0.5, 0.6) is 0 Å². The van der Waals surface area contributed by atoms with E-state index in [1.165, 1.54) is 65.9 Å². The van der Waals surface area contributed by atoms with Gasteiger partial charge in [-0.2, -0.15) is 0 Å². The molecule has 11 rings (SSSR count). The lowest BCUT2D eigenvalue weighted by Crippen LogP contribution is -2.41. The number of fused-ring (bicyclic) bond motifs is 6. The molecule has 0 N–H and O–H groups in total. The maximum absolute atomic E-state index is 6.44. The lowest BCUT2D eigenvalue weighted by Gasteiger charge is -2.32. The summed E-state index contributed by atoms with van der Waals surface area (Å²) in [5.41, 5.74) is 14.3. The minimum Gasteiger partial charge on any atom is -0.399 e. The molecule has 0 amide bonds. The number of hydrogen-bond acceptors (Lipinski definition) is 2. The van der Waals surface area contributed by atoms with E-state index in [4.69, 9.17) is 9.31 Å². The van der Waals surface area contributed by atoms with Gasteiger partial charge in [0.2, 0.25) is 0 Å². The van der Waals surface area contributed by atoms with E-state index < -0.39 is 18.3 Å². The summed E-state index contributed by atoms with van der Waals surface area (Å²) in [5, 5.41) is 4.93. The van der Waals surface area contributed by atoms with Crippen LogP contribution in [0.1, 0.15) is 27.7 Å². The molecule has 0 aliphatic carbocycles. The van der Waals surface area contributed by atoms with Gasteiger partial charge in [-0.25, -0.2) is 0 Å². The Hall–Kier alpha value is -6.66. The van der Waals surface area contributed by atoms with Crippen LogP contribution < -0.4 is 5.46 Å². The van der Waals surface area contributed by atoms with E-state index in [-0.39, 0.29) is 0 Å². The van der Waals surface area contributed by atoms with Gasteiger partial charge in [0.05, 0.1) is 33.3 Å². The van der Waals surface area contributed by atoms with Crippen LogP contribution in [0.4, 0.5) is 0 Å². The number of nitrogens with zero attached hydrogens (tertiary/aromatic N) is 2. The van der Waals surface area contributed by atoms with E-state index in [2.05, 4.69) is 225 Å². The van der Waals surface area contributed by atoms with Crippen molar-refractivity contribution in [1.29, 1.82) is 0 Å². The fourth-order valence-corrected chi connectivity index (χ4v) is 8.97. The third-order valence-electron chi connectivity index (χ3n) is 12.7. The molecule has 0 spiro atoms. The van der Waals surface area contributed by atoms with Gasteiger partial charge in [0, 0.05) is 32.9 Å². The van der Waals surface area contributed by atoms with Crippen LogP contribution >= 0.6 is 0 Å². The van der Waals surface area contributed by atoms with Crippen molar-refractivity contribution < 1.29 is 9.31 Å². The van der Waals surface area contributed by atoms with Crippen LogP contribution in [0.25, 0.3) is 88.4 Å². The zero-order valence-corrected chi connectivity index (χ0v) is 33.7. The van der Waals surface area contributed by atoms with Gasteiger partial charge in [-0.3, -0.25) is 0 Å². The van der Waals surface area contributed by atoms with Crippen LogP contribution in [0.3, 0.4) is 0 Å². The van der Waals surface area contributed by atoms with Crippen molar-refractivity contribution in [2.75, 3.05) is 0 Å². The SMILES string of the molecule is CC1(C)OB(c2cccc(-c3cccc(-n4c5ccc(-c6ccccc6)cc5c5cc(-c6ccc7c(c6)c6ccccc6n7-c6ccccc6)ccc54)c3)c2)OC1(C)C. The van der Waals surface area contributed by atoms with Gasteiger partial charge in [0.25, 0.3) is 0 Å². The van der Waals surface area contributed by atoms with E-state index in [9.17, 15) is 0 Å². The fourth-order valence-electron chi connectivity index (χ4n) is 8.97. The Balaban J connectivity index is 1.06. The number of benzene rings is 8. The van der Waals surface area contributed by atoms with Crippen LogP contribution in [-0.2, 0) is 9.31 Å². The third kappa shape index (κ3) is 5.84. The molecule has 1 saturated heterocycles. The molecule has 0 atom stereocenters. The van der Waals surface area contributed by atoms with Gasteiger partial charge < -0.3 is 18.4 Å². The first-order chi connectivity index (χ1) is 28.7. The Kier molecular flexibility index (Phi) is 8.10. The molecule has 1 aliphatic heterocycles. The van der Waals surface area contributed by atoms with Crippen LogP contribution in [0.15, 0.2) is 188 Å². The van der Waals surface area contributed by atoms with Crippen molar-refractivity contribution in [2.24, 2.45) is 0 Å². The maximum atomic E-state index is 6.44. The van der Waals surface area contributed by atoms with Crippen molar-refractivity contribution in [3.05, 3.63) is 188 Å². The quantitative estimate of drug-likeness (QED) is 0.158. The highest BCUT2D eigenvalue weighted by atomic mass is 16.7. The highest BCUT2D eigenvalue weighted by molar-refractivity contribution is 6.62. The minimum absolute atomic E-state index is 0.403. The monoisotopic (exact) mass is 762 g/mol. The van der Waals surface area contributed by atoms with Crippen molar-refractivity contribution in [3.8, 4) is 44.8 Å². The van der Waals surface area contributed by atoms with E-state index in [1.54, 1.807) is 0 Å². The lowest BCUT2D eigenvalue weighted by molar-refractivity contribution is 0.00578. The summed E-state index contributed by atoms with van der Waals surface area (Å²) in [4.78, 5) is 0. The number of hydrogen-bond donors (Lipinski definition) is 0. The largest absolute Gasteiger partial charge is 0.494 e. The number of para-hydroxylation sites is 2. The fraction of sp³-hybridized carbons (Fsp3) is 0.111. The smallest absolute Gasteiger partial charge is 0.399 e. The number of rotatable bonds is 6. The molecular formula is C54H43BN2O2. The Morgan fingerprint density at radius 2 is 0.763 bits per heavy atom. The normalized spacial score (nSPS) is 14.9. The summed E-state index contributed by atoms with van der Waals surface area (Å²) in [6.07, 6.45) is 0. The van der Waals surface area contributed by atoms with Crippen molar-refractivity contribution in [3.63, 3.8) is 0 Å². The molecule has 59 heavy (non-hydrogen) atoms. The van der Waals surface area contributed by atoms with Crippen LogP contribution in [0.2, 0.25) is 0 Å². The van der Waals surface area contributed by atoms with Gasteiger partial charge in [-0.05, 0) is 133 Å². The average Bonchev–Trinajstić information content (AvgIpc) is 3.86. The van der Waals surface area contributed by atoms with Crippen LogP contribution in [0, 0.1) is 0 Å². The van der Waals surface area contributed by atoms with Gasteiger partial charge in [-0.1, -0.05) is 121 Å². The predicted molar refractivity (Wildman–Crippen MR) is 247 cm³/mol. The Labute approximate surface area is 345 Å². The molecule has 10 aromatic rings. The molecule has 5 heteroatoms. The van der Waals surface area contributed by atoms with E-state index in [0.717, 1.165) is 28.0 Å². The molecule has 3 heterocycles. The minimum atomic E-state index is -0.420. The second kappa shape index (κ2) is 13.5. The zero-order chi connectivity index (χ0) is 39.9. The highest BCUT2D eigenvalue weighted by Crippen LogP contribution is 2.41. The number of aromatic nitrogens is 2. The Morgan fingerprint density at radius 1 is 0.339 bits per heavy atom. The van der Waals surface area contributed by atoms with E-state index in [0.29, 0.717) is 0 Å². The van der Waals surface area contributed by atoms with Gasteiger partial charge in [0.1, 0.15) is 0 Å². The van der Waals surface area contributed by atoms with Gasteiger partial charge in [0.15, 0.2) is 0 Å². The predicted octanol–water partition coefficient (Wildman–Crippen LogP) is 13.2. The van der Waals surface area contributed by atoms with Crippen molar-refractivity contribution in [1.82, 2.24) is 9.13 Å². The summed E-state index contributed by atoms with van der Waals surface area (Å²) in [7, 11) is -0.420. The standard InChI is InChI=1S/C54H43BN2O2/c1-53(2)54(3,4)59-55(58-53)42-19-13-17-37(31-42)38-18-14-22-44(32-38)57-51-28-25-39(36-15-7-5-8-16-36)33-47(51)48-35-41(27-30-52(48)57)40-26-29-50-46(34-40)45-23-11-12-24-49(45)56(50)43-20-9-6-10-21-43/h5-35H,1-4H3. The summed E-state index contributed by atoms with van der Waals surface area (Å²) in [5.74, 6) is 0. The topological polar surface area (TPSA) is 28.3 Å². The summed E-state index contributed by atoms with van der Waals surface area (Å²) in [6.45, 7) is 8.40. The lowest BCUT2D eigenvalue weighted by atomic mass is 9.78. The molecule has 1 fully saturated rings. The first-order valence-electron chi connectivity index (χ1n) is 20.5. The molecule has 0 unspecified atom stereocenters.